The van der Waals surface area contributed by atoms with Crippen LogP contribution in [-0.2, 0) is 4.79 Å². The minimum atomic E-state index is -0.00765. The van der Waals surface area contributed by atoms with Crippen molar-refractivity contribution in [3.8, 4) is 11.5 Å². The molecule has 0 spiro atoms. The summed E-state index contributed by atoms with van der Waals surface area (Å²) in [6, 6.07) is 5.34. The molecule has 2 heterocycles. The summed E-state index contributed by atoms with van der Waals surface area (Å²) in [4.78, 5) is 29.2. The highest BCUT2D eigenvalue weighted by Crippen LogP contribution is 2.31. The summed E-state index contributed by atoms with van der Waals surface area (Å²) in [5.41, 5.74) is 0.612. The highest BCUT2D eigenvalue weighted by Gasteiger charge is 2.30. The lowest BCUT2D eigenvalue weighted by atomic mass is 9.88. The molecule has 3 aliphatic rings. The van der Waals surface area contributed by atoms with Gasteiger partial charge in [0.1, 0.15) is 13.2 Å². The number of carbonyl (C=O) groups excluding carboxylic acids is 2. The molecule has 6 nitrogen and oxygen atoms in total. The fraction of sp³-hybridized carbons (Fsp3) is 0.600. The van der Waals surface area contributed by atoms with Crippen molar-refractivity contribution >= 4 is 11.8 Å². The van der Waals surface area contributed by atoms with E-state index >= 15 is 0 Å². The predicted molar refractivity (Wildman–Crippen MR) is 96.5 cm³/mol. The fourth-order valence-corrected chi connectivity index (χ4v) is 4.10. The molecule has 2 fully saturated rings. The van der Waals surface area contributed by atoms with Gasteiger partial charge in [0.15, 0.2) is 11.5 Å². The van der Waals surface area contributed by atoms with Crippen LogP contribution < -0.4 is 9.47 Å². The van der Waals surface area contributed by atoms with Crippen LogP contribution in [0.3, 0.4) is 0 Å². The molecule has 1 saturated carbocycles. The van der Waals surface area contributed by atoms with E-state index in [-0.39, 0.29) is 17.7 Å². The van der Waals surface area contributed by atoms with Crippen molar-refractivity contribution in [3.05, 3.63) is 23.8 Å². The Balaban J connectivity index is 1.35. The zero-order valence-electron chi connectivity index (χ0n) is 15.1. The molecular weight excluding hydrogens is 332 g/mol. The molecule has 0 unspecified atom stereocenters. The van der Waals surface area contributed by atoms with Crippen molar-refractivity contribution in [3.63, 3.8) is 0 Å². The van der Waals surface area contributed by atoms with Gasteiger partial charge in [-0.3, -0.25) is 9.59 Å². The molecule has 1 aromatic carbocycles. The van der Waals surface area contributed by atoms with Gasteiger partial charge in [-0.25, -0.2) is 0 Å². The summed E-state index contributed by atoms with van der Waals surface area (Å²) in [5.74, 6) is 1.80. The van der Waals surface area contributed by atoms with Crippen molar-refractivity contribution in [2.45, 2.75) is 32.1 Å². The number of carbonyl (C=O) groups is 2. The summed E-state index contributed by atoms with van der Waals surface area (Å²) < 4.78 is 11.1. The molecule has 0 radical (unpaired) electrons. The van der Waals surface area contributed by atoms with Gasteiger partial charge in [-0.15, -0.1) is 0 Å². The Morgan fingerprint density at radius 2 is 1.50 bits per heavy atom. The first-order valence-corrected chi connectivity index (χ1v) is 9.70. The van der Waals surface area contributed by atoms with Gasteiger partial charge in [0.25, 0.3) is 5.91 Å². The van der Waals surface area contributed by atoms with Gasteiger partial charge in [0.2, 0.25) is 5.91 Å². The van der Waals surface area contributed by atoms with Crippen molar-refractivity contribution in [2.24, 2.45) is 5.92 Å². The van der Waals surface area contributed by atoms with Crippen molar-refractivity contribution in [2.75, 3.05) is 39.4 Å². The number of rotatable bonds is 2. The number of hydrogen-bond donors (Lipinski definition) is 0. The summed E-state index contributed by atoms with van der Waals surface area (Å²) in [5, 5.41) is 0. The normalized spacial score (nSPS) is 20.8. The molecule has 2 amide bonds. The summed E-state index contributed by atoms with van der Waals surface area (Å²) in [7, 11) is 0. The molecular formula is C20H26N2O4. The van der Waals surface area contributed by atoms with Crippen LogP contribution in [0.4, 0.5) is 0 Å². The highest BCUT2D eigenvalue weighted by molar-refractivity contribution is 5.95. The zero-order valence-corrected chi connectivity index (χ0v) is 15.1. The van der Waals surface area contributed by atoms with E-state index in [1.165, 1.54) is 19.3 Å². The second kappa shape index (κ2) is 7.56. The van der Waals surface area contributed by atoms with Gasteiger partial charge in [0, 0.05) is 37.7 Å². The molecule has 1 aromatic rings. The number of nitrogens with zero attached hydrogens (tertiary/aromatic N) is 2. The Hall–Kier alpha value is -2.24. The first kappa shape index (κ1) is 17.2. The minimum Gasteiger partial charge on any atom is -0.486 e. The van der Waals surface area contributed by atoms with Gasteiger partial charge in [-0.1, -0.05) is 19.3 Å². The highest BCUT2D eigenvalue weighted by atomic mass is 16.6. The topological polar surface area (TPSA) is 59.1 Å². The molecule has 26 heavy (non-hydrogen) atoms. The summed E-state index contributed by atoms with van der Waals surface area (Å²) in [6.45, 7) is 3.48. The van der Waals surface area contributed by atoms with E-state index in [1.807, 2.05) is 9.80 Å². The second-order valence-electron chi connectivity index (χ2n) is 7.31. The number of ether oxygens (including phenoxy) is 2. The molecule has 1 saturated heterocycles. The van der Waals surface area contributed by atoms with Crippen molar-refractivity contribution in [1.29, 1.82) is 0 Å². The van der Waals surface area contributed by atoms with E-state index in [1.54, 1.807) is 18.2 Å². The lowest BCUT2D eigenvalue weighted by Gasteiger charge is -2.37. The number of benzene rings is 1. The van der Waals surface area contributed by atoms with Crippen LogP contribution in [0.5, 0.6) is 11.5 Å². The monoisotopic (exact) mass is 358 g/mol. The van der Waals surface area contributed by atoms with Crippen LogP contribution in [0.25, 0.3) is 0 Å². The molecule has 6 heteroatoms. The van der Waals surface area contributed by atoms with Crippen LogP contribution in [0, 0.1) is 5.92 Å². The maximum atomic E-state index is 12.8. The quantitative estimate of drug-likeness (QED) is 0.814. The molecule has 1 aliphatic carbocycles. The Labute approximate surface area is 154 Å². The second-order valence-corrected chi connectivity index (χ2v) is 7.31. The Morgan fingerprint density at radius 1 is 0.846 bits per heavy atom. The molecule has 0 bridgehead atoms. The van der Waals surface area contributed by atoms with Gasteiger partial charge >= 0.3 is 0 Å². The van der Waals surface area contributed by atoms with E-state index in [0.717, 1.165) is 12.8 Å². The maximum absolute atomic E-state index is 12.8. The van der Waals surface area contributed by atoms with Crippen LogP contribution >= 0.6 is 0 Å². The minimum absolute atomic E-state index is 0.00765. The lowest BCUT2D eigenvalue weighted by molar-refractivity contribution is -0.138. The van der Waals surface area contributed by atoms with Crippen LogP contribution in [0.1, 0.15) is 42.5 Å². The van der Waals surface area contributed by atoms with E-state index in [2.05, 4.69) is 0 Å². The van der Waals surface area contributed by atoms with E-state index in [9.17, 15) is 9.59 Å². The largest absolute Gasteiger partial charge is 0.486 e. The van der Waals surface area contributed by atoms with Gasteiger partial charge in [-0.2, -0.15) is 0 Å². The smallest absolute Gasteiger partial charge is 0.254 e. The standard InChI is InChI=1S/C20H26N2O4/c23-19(15-4-2-1-3-5-15)21-8-10-22(11-9-21)20(24)16-6-7-17-18(14-16)26-13-12-25-17/h6-7,14-15H,1-5,8-13H2. The first-order chi connectivity index (χ1) is 12.7. The van der Waals surface area contributed by atoms with Crippen LogP contribution in [-0.4, -0.2) is 61.0 Å². The number of piperazine rings is 1. The molecule has 0 aromatic heterocycles. The third-order valence-corrected chi connectivity index (χ3v) is 5.62. The zero-order chi connectivity index (χ0) is 17.9. The van der Waals surface area contributed by atoms with Gasteiger partial charge in [-0.05, 0) is 31.0 Å². The van der Waals surface area contributed by atoms with Crippen molar-refractivity contribution in [1.82, 2.24) is 9.80 Å². The molecule has 2 aliphatic heterocycles. The first-order valence-electron chi connectivity index (χ1n) is 9.70. The summed E-state index contributed by atoms with van der Waals surface area (Å²) in [6.07, 6.45) is 5.63. The Morgan fingerprint density at radius 3 is 2.23 bits per heavy atom. The molecule has 140 valence electrons. The molecule has 4 rings (SSSR count). The van der Waals surface area contributed by atoms with E-state index in [0.29, 0.717) is 56.5 Å². The third kappa shape index (κ3) is 3.50. The molecule has 0 N–H and O–H groups in total. The number of amides is 2. The van der Waals surface area contributed by atoms with Crippen LogP contribution in [0.15, 0.2) is 18.2 Å². The number of hydrogen-bond acceptors (Lipinski definition) is 4. The van der Waals surface area contributed by atoms with Gasteiger partial charge in [0.05, 0.1) is 0 Å². The SMILES string of the molecule is O=C(c1ccc2c(c1)OCCO2)N1CCN(C(=O)C2CCCCC2)CC1. The molecule has 0 atom stereocenters. The average Bonchev–Trinajstić information content (AvgIpc) is 2.73. The lowest BCUT2D eigenvalue weighted by Crippen LogP contribution is -2.52. The Bertz CT molecular complexity index is 676. The van der Waals surface area contributed by atoms with E-state index in [4.69, 9.17) is 9.47 Å². The predicted octanol–water partition coefficient (Wildman–Crippen LogP) is 2.32. The third-order valence-electron chi connectivity index (χ3n) is 5.62. The van der Waals surface area contributed by atoms with Crippen LogP contribution in [0.2, 0.25) is 0 Å². The van der Waals surface area contributed by atoms with Gasteiger partial charge < -0.3 is 19.3 Å². The number of fused-ring (bicyclic) bond motifs is 1. The average molecular weight is 358 g/mol. The fourth-order valence-electron chi connectivity index (χ4n) is 4.10. The Kier molecular flexibility index (Phi) is 5.00. The van der Waals surface area contributed by atoms with Crippen molar-refractivity contribution < 1.29 is 19.1 Å². The maximum Gasteiger partial charge on any atom is 0.254 e. The summed E-state index contributed by atoms with van der Waals surface area (Å²) >= 11 is 0. The van der Waals surface area contributed by atoms with E-state index < -0.39 is 0 Å².